The summed E-state index contributed by atoms with van der Waals surface area (Å²) in [6.07, 6.45) is 1.68. The average Bonchev–Trinajstić information content (AvgIpc) is 2.39. The van der Waals surface area contributed by atoms with E-state index in [1.165, 1.54) is 0 Å². The van der Waals surface area contributed by atoms with Crippen molar-refractivity contribution in [2.75, 3.05) is 5.73 Å². The number of nitrogens with two attached hydrogens (primary N) is 1. The van der Waals surface area contributed by atoms with E-state index in [4.69, 9.17) is 5.73 Å². The molecule has 0 aliphatic heterocycles. The molecule has 96 valence electrons. The molecule has 0 spiro atoms. The molecule has 0 saturated carbocycles. The van der Waals surface area contributed by atoms with Crippen molar-refractivity contribution in [2.24, 2.45) is 0 Å². The highest BCUT2D eigenvalue weighted by Crippen LogP contribution is 2.21. The van der Waals surface area contributed by atoms with Gasteiger partial charge >= 0.3 is 5.97 Å². The van der Waals surface area contributed by atoms with Crippen LogP contribution in [-0.2, 0) is 4.79 Å². The SMILES string of the molecule is Cc1ccccc1/C=C(\C(=O)O)c1ccc(N)cc1. The normalized spacial score (nSPS) is 11.3. The van der Waals surface area contributed by atoms with Gasteiger partial charge < -0.3 is 10.8 Å². The summed E-state index contributed by atoms with van der Waals surface area (Å²) >= 11 is 0. The highest BCUT2D eigenvalue weighted by molar-refractivity contribution is 6.20. The van der Waals surface area contributed by atoms with E-state index in [9.17, 15) is 9.90 Å². The van der Waals surface area contributed by atoms with Gasteiger partial charge in [0.15, 0.2) is 0 Å². The van der Waals surface area contributed by atoms with Crippen LogP contribution in [0.2, 0.25) is 0 Å². The van der Waals surface area contributed by atoms with Crippen molar-refractivity contribution in [3.05, 3.63) is 65.2 Å². The summed E-state index contributed by atoms with van der Waals surface area (Å²) in [5.74, 6) is -0.951. The molecular weight excluding hydrogens is 238 g/mol. The molecule has 19 heavy (non-hydrogen) atoms. The molecule has 3 heteroatoms. The van der Waals surface area contributed by atoms with E-state index in [1.54, 1.807) is 30.3 Å². The summed E-state index contributed by atoms with van der Waals surface area (Å²) in [4.78, 5) is 11.4. The second kappa shape index (κ2) is 5.40. The molecule has 3 nitrogen and oxygen atoms in total. The Bertz CT molecular complexity index is 627. The summed E-state index contributed by atoms with van der Waals surface area (Å²) in [6, 6.07) is 14.5. The third-order valence-electron chi connectivity index (χ3n) is 2.94. The molecule has 0 atom stereocenters. The summed E-state index contributed by atoms with van der Waals surface area (Å²) in [5, 5.41) is 9.35. The Morgan fingerprint density at radius 2 is 1.74 bits per heavy atom. The van der Waals surface area contributed by atoms with Gasteiger partial charge in [-0.25, -0.2) is 4.79 Å². The smallest absolute Gasteiger partial charge is 0.336 e. The van der Waals surface area contributed by atoms with Crippen LogP contribution in [0.15, 0.2) is 48.5 Å². The molecule has 0 fully saturated rings. The number of carbonyl (C=O) groups is 1. The number of hydrogen-bond donors (Lipinski definition) is 2. The van der Waals surface area contributed by atoms with Crippen molar-refractivity contribution >= 4 is 23.3 Å². The number of carboxylic acid groups (broad SMARTS) is 1. The van der Waals surface area contributed by atoms with Crippen LogP contribution in [0.1, 0.15) is 16.7 Å². The minimum Gasteiger partial charge on any atom is -0.478 e. The van der Waals surface area contributed by atoms with Crippen LogP contribution in [-0.4, -0.2) is 11.1 Å². The van der Waals surface area contributed by atoms with Gasteiger partial charge in [0.05, 0.1) is 5.57 Å². The van der Waals surface area contributed by atoms with E-state index in [1.807, 2.05) is 31.2 Å². The molecule has 0 aliphatic carbocycles. The second-order valence-corrected chi connectivity index (χ2v) is 4.34. The van der Waals surface area contributed by atoms with Gasteiger partial charge in [0.1, 0.15) is 0 Å². The lowest BCUT2D eigenvalue weighted by Crippen LogP contribution is -2.00. The zero-order valence-corrected chi connectivity index (χ0v) is 10.6. The first-order valence-electron chi connectivity index (χ1n) is 5.94. The fraction of sp³-hybridized carbons (Fsp3) is 0.0625. The van der Waals surface area contributed by atoms with Crippen LogP contribution >= 0.6 is 0 Å². The fourth-order valence-electron chi connectivity index (χ4n) is 1.84. The molecule has 0 saturated heterocycles. The highest BCUT2D eigenvalue weighted by Gasteiger charge is 2.10. The molecule has 0 heterocycles. The Morgan fingerprint density at radius 3 is 2.32 bits per heavy atom. The molecule has 2 aromatic carbocycles. The predicted octanol–water partition coefficient (Wildman–Crippen LogP) is 3.20. The van der Waals surface area contributed by atoms with E-state index in [2.05, 4.69) is 0 Å². The largest absolute Gasteiger partial charge is 0.478 e. The van der Waals surface area contributed by atoms with Gasteiger partial charge in [0, 0.05) is 5.69 Å². The Hall–Kier alpha value is -2.55. The van der Waals surface area contributed by atoms with Crippen LogP contribution in [0.4, 0.5) is 5.69 Å². The van der Waals surface area contributed by atoms with Crippen LogP contribution in [0.3, 0.4) is 0 Å². The van der Waals surface area contributed by atoms with Gasteiger partial charge in [0.25, 0.3) is 0 Å². The van der Waals surface area contributed by atoms with Crippen LogP contribution in [0, 0.1) is 6.92 Å². The fourth-order valence-corrected chi connectivity index (χ4v) is 1.84. The summed E-state index contributed by atoms with van der Waals surface area (Å²) in [7, 11) is 0. The van der Waals surface area contributed by atoms with Crippen molar-refractivity contribution in [1.82, 2.24) is 0 Å². The van der Waals surface area contributed by atoms with E-state index in [0.29, 0.717) is 11.3 Å². The number of anilines is 1. The van der Waals surface area contributed by atoms with E-state index < -0.39 is 5.97 Å². The maximum atomic E-state index is 11.4. The first-order chi connectivity index (χ1) is 9.08. The van der Waals surface area contributed by atoms with Crippen molar-refractivity contribution in [1.29, 1.82) is 0 Å². The van der Waals surface area contributed by atoms with E-state index >= 15 is 0 Å². The summed E-state index contributed by atoms with van der Waals surface area (Å²) in [6.45, 7) is 1.95. The van der Waals surface area contributed by atoms with Crippen molar-refractivity contribution in [3.8, 4) is 0 Å². The van der Waals surface area contributed by atoms with E-state index in [-0.39, 0.29) is 5.57 Å². The lowest BCUT2D eigenvalue weighted by atomic mass is 10.0. The van der Waals surface area contributed by atoms with Crippen molar-refractivity contribution in [3.63, 3.8) is 0 Å². The average molecular weight is 253 g/mol. The van der Waals surface area contributed by atoms with Crippen molar-refractivity contribution in [2.45, 2.75) is 6.92 Å². The number of rotatable bonds is 3. The molecule has 0 radical (unpaired) electrons. The van der Waals surface area contributed by atoms with Gasteiger partial charge in [-0.1, -0.05) is 36.4 Å². The molecule has 2 aromatic rings. The summed E-state index contributed by atoms with van der Waals surface area (Å²) < 4.78 is 0. The molecule has 2 rings (SSSR count). The molecule has 0 aromatic heterocycles. The standard InChI is InChI=1S/C16H15NO2/c1-11-4-2-3-5-13(11)10-15(16(18)19)12-6-8-14(17)9-7-12/h2-10H,17H2,1H3,(H,18,19)/b15-10-. The number of benzene rings is 2. The zero-order chi connectivity index (χ0) is 13.8. The number of carboxylic acids is 1. The third-order valence-corrected chi connectivity index (χ3v) is 2.94. The van der Waals surface area contributed by atoms with Gasteiger partial charge in [-0.2, -0.15) is 0 Å². The molecule has 0 amide bonds. The maximum Gasteiger partial charge on any atom is 0.336 e. The number of nitrogen functional groups attached to an aromatic ring is 1. The highest BCUT2D eigenvalue weighted by atomic mass is 16.4. The number of hydrogen-bond acceptors (Lipinski definition) is 2. The molecular formula is C16H15NO2. The second-order valence-electron chi connectivity index (χ2n) is 4.34. The quantitative estimate of drug-likeness (QED) is 0.501. The van der Waals surface area contributed by atoms with Crippen LogP contribution in [0.5, 0.6) is 0 Å². The van der Waals surface area contributed by atoms with Gasteiger partial charge in [0.2, 0.25) is 0 Å². The van der Waals surface area contributed by atoms with Gasteiger partial charge in [-0.15, -0.1) is 0 Å². The topological polar surface area (TPSA) is 63.3 Å². The molecule has 3 N–H and O–H groups in total. The molecule has 0 aliphatic rings. The van der Waals surface area contributed by atoms with E-state index in [0.717, 1.165) is 11.1 Å². The van der Waals surface area contributed by atoms with Crippen LogP contribution < -0.4 is 5.73 Å². The van der Waals surface area contributed by atoms with Gasteiger partial charge in [-0.3, -0.25) is 0 Å². The Balaban J connectivity index is 2.50. The summed E-state index contributed by atoms with van der Waals surface area (Å²) in [5.41, 5.74) is 9.07. The lowest BCUT2D eigenvalue weighted by Gasteiger charge is -2.05. The predicted molar refractivity (Wildman–Crippen MR) is 77.5 cm³/mol. The first kappa shape index (κ1) is 12.9. The monoisotopic (exact) mass is 253 g/mol. The Morgan fingerprint density at radius 1 is 1.11 bits per heavy atom. The number of aryl methyl sites for hydroxylation is 1. The lowest BCUT2D eigenvalue weighted by molar-refractivity contribution is -0.130. The minimum absolute atomic E-state index is 0.259. The molecule has 0 unspecified atom stereocenters. The Labute approximate surface area is 112 Å². The van der Waals surface area contributed by atoms with Crippen molar-refractivity contribution < 1.29 is 9.90 Å². The number of aliphatic carboxylic acids is 1. The Kier molecular flexibility index (Phi) is 3.66. The van der Waals surface area contributed by atoms with Gasteiger partial charge in [-0.05, 0) is 41.8 Å². The molecule has 0 bridgehead atoms. The minimum atomic E-state index is -0.951. The van der Waals surface area contributed by atoms with Crippen LogP contribution in [0.25, 0.3) is 11.6 Å². The maximum absolute atomic E-state index is 11.4. The zero-order valence-electron chi connectivity index (χ0n) is 10.6. The first-order valence-corrected chi connectivity index (χ1v) is 5.94. The third kappa shape index (κ3) is 3.01.